The van der Waals surface area contributed by atoms with E-state index >= 15 is 0 Å². The Kier molecular flexibility index (Phi) is 6.16. The van der Waals surface area contributed by atoms with Crippen LogP contribution in [0.5, 0.6) is 0 Å². The van der Waals surface area contributed by atoms with Crippen LogP contribution in [0.25, 0.3) is 0 Å². The van der Waals surface area contributed by atoms with Crippen LogP contribution in [0.2, 0.25) is 0 Å². The maximum absolute atomic E-state index is 12.4. The Morgan fingerprint density at radius 2 is 2.00 bits per heavy atom. The van der Waals surface area contributed by atoms with Gasteiger partial charge in [-0.3, -0.25) is 14.4 Å². The van der Waals surface area contributed by atoms with Gasteiger partial charge in [0.2, 0.25) is 11.8 Å². The second-order valence-electron chi connectivity index (χ2n) is 5.31. The van der Waals surface area contributed by atoms with Crippen molar-refractivity contribution in [1.82, 2.24) is 0 Å². The lowest BCUT2D eigenvalue weighted by molar-refractivity contribution is -0.138. The highest BCUT2D eigenvalue weighted by Crippen LogP contribution is 2.30. The molecule has 134 valence electrons. The van der Waals surface area contributed by atoms with Crippen LogP contribution in [0.4, 0.5) is 5.69 Å². The molecule has 0 aromatic heterocycles. The first-order valence-electron chi connectivity index (χ1n) is 7.59. The summed E-state index contributed by atoms with van der Waals surface area (Å²) in [5.74, 6) is -2.40. The summed E-state index contributed by atoms with van der Waals surface area (Å²) in [6.45, 7) is 1.95. The van der Waals surface area contributed by atoms with Crippen molar-refractivity contribution in [1.29, 1.82) is 0 Å². The quantitative estimate of drug-likeness (QED) is 0.532. The predicted octanol–water partition coefficient (Wildman–Crippen LogP) is 0.640. The van der Waals surface area contributed by atoms with Crippen molar-refractivity contribution in [3.8, 4) is 0 Å². The summed E-state index contributed by atoms with van der Waals surface area (Å²) in [5.41, 5.74) is 6.09. The van der Waals surface area contributed by atoms with E-state index in [4.69, 9.17) is 15.6 Å². The molecule has 9 heteroatoms. The number of rotatable bonds is 7. The van der Waals surface area contributed by atoms with Gasteiger partial charge in [-0.15, -0.1) is 11.8 Å². The first-order chi connectivity index (χ1) is 11.8. The summed E-state index contributed by atoms with van der Waals surface area (Å²) >= 11 is 1.05. The Morgan fingerprint density at radius 3 is 2.56 bits per heavy atom. The summed E-state index contributed by atoms with van der Waals surface area (Å²) in [6.07, 6.45) is -0.0184. The lowest BCUT2D eigenvalue weighted by atomic mass is 10.2. The fourth-order valence-electron chi connectivity index (χ4n) is 2.26. The van der Waals surface area contributed by atoms with Gasteiger partial charge in [-0.2, -0.15) is 0 Å². The maximum atomic E-state index is 12.4. The number of imide groups is 1. The van der Waals surface area contributed by atoms with Gasteiger partial charge in [-0.05, 0) is 31.2 Å². The molecule has 25 heavy (non-hydrogen) atoms. The SMILES string of the molecule is CCOC(=O)c1ccc(N2C(=O)CC(SCC(N)C(=O)O)C2=O)cc1. The van der Waals surface area contributed by atoms with Gasteiger partial charge in [0, 0.05) is 12.2 Å². The summed E-state index contributed by atoms with van der Waals surface area (Å²) in [7, 11) is 0. The van der Waals surface area contributed by atoms with Crippen LogP contribution in [0.15, 0.2) is 24.3 Å². The van der Waals surface area contributed by atoms with Gasteiger partial charge in [-0.1, -0.05) is 0 Å². The molecule has 1 aromatic carbocycles. The summed E-state index contributed by atoms with van der Waals surface area (Å²) < 4.78 is 4.88. The Labute approximate surface area is 148 Å². The molecule has 2 amide bonds. The fourth-order valence-corrected chi connectivity index (χ4v) is 3.35. The molecule has 1 aliphatic heterocycles. The van der Waals surface area contributed by atoms with E-state index in [0.29, 0.717) is 11.3 Å². The van der Waals surface area contributed by atoms with Gasteiger partial charge in [0.15, 0.2) is 0 Å². The number of hydrogen-bond acceptors (Lipinski definition) is 7. The minimum atomic E-state index is -1.16. The van der Waals surface area contributed by atoms with Gasteiger partial charge < -0.3 is 15.6 Å². The summed E-state index contributed by atoms with van der Waals surface area (Å²) in [6, 6.07) is 4.87. The zero-order chi connectivity index (χ0) is 18.6. The van der Waals surface area contributed by atoms with Crippen LogP contribution >= 0.6 is 11.8 Å². The van der Waals surface area contributed by atoms with Gasteiger partial charge >= 0.3 is 11.9 Å². The van der Waals surface area contributed by atoms with Crippen LogP contribution < -0.4 is 10.6 Å². The van der Waals surface area contributed by atoms with Gasteiger partial charge in [-0.25, -0.2) is 9.69 Å². The number of ether oxygens (including phenoxy) is 1. The molecule has 0 aliphatic carbocycles. The number of carbonyl (C=O) groups excluding carboxylic acids is 3. The van der Waals surface area contributed by atoms with Crippen molar-refractivity contribution in [3.05, 3.63) is 29.8 Å². The van der Waals surface area contributed by atoms with Gasteiger partial charge in [0.25, 0.3) is 0 Å². The second kappa shape index (κ2) is 8.13. The molecule has 0 saturated carbocycles. The largest absolute Gasteiger partial charge is 0.480 e. The van der Waals surface area contributed by atoms with Crippen molar-refractivity contribution in [2.45, 2.75) is 24.6 Å². The topological polar surface area (TPSA) is 127 Å². The first-order valence-corrected chi connectivity index (χ1v) is 8.64. The van der Waals surface area contributed by atoms with E-state index in [2.05, 4.69) is 0 Å². The van der Waals surface area contributed by atoms with Crippen molar-refractivity contribution in [2.24, 2.45) is 5.73 Å². The van der Waals surface area contributed by atoms with E-state index in [9.17, 15) is 19.2 Å². The average Bonchev–Trinajstić information content (AvgIpc) is 2.86. The maximum Gasteiger partial charge on any atom is 0.338 e. The Hall–Kier alpha value is -2.39. The van der Waals surface area contributed by atoms with Crippen LogP contribution in [0, 0.1) is 0 Å². The molecule has 1 aromatic rings. The number of nitrogens with zero attached hydrogens (tertiary/aromatic N) is 1. The van der Waals surface area contributed by atoms with E-state index in [0.717, 1.165) is 16.7 Å². The third-order valence-corrected chi connectivity index (χ3v) is 4.86. The predicted molar refractivity (Wildman–Crippen MR) is 91.4 cm³/mol. The number of carbonyl (C=O) groups is 4. The minimum Gasteiger partial charge on any atom is -0.480 e. The van der Waals surface area contributed by atoms with Crippen molar-refractivity contribution < 1.29 is 29.0 Å². The van der Waals surface area contributed by atoms with E-state index in [1.807, 2.05) is 0 Å². The lowest BCUT2D eigenvalue weighted by Gasteiger charge is -2.15. The third kappa shape index (κ3) is 4.37. The van der Waals surface area contributed by atoms with Crippen LogP contribution in [-0.4, -0.2) is 52.5 Å². The normalized spacial score (nSPS) is 18.3. The number of carboxylic acid groups (broad SMARTS) is 1. The molecule has 0 spiro atoms. The van der Waals surface area contributed by atoms with Gasteiger partial charge in [0.05, 0.1) is 23.1 Å². The van der Waals surface area contributed by atoms with Crippen LogP contribution in [-0.2, 0) is 19.1 Å². The average molecular weight is 366 g/mol. The molecule has 0 bridgehead atoms. The number of carboxylic acids is 1. The molecule has 1 saturated heterocycles. The van der Waals surface area contributed by atoms with Gasteiger partial charge in [0.1, 0.15) is 6.04 Å². The van der Waals surface area contributed by atoms with Crippen LogP contribution in [0.1, 0.15) is 23.7 Å². The zero-order valence-electron chi connectivity index (χ0n) is 13.5. The van der Waals surface area contributed by atoms with E-state index < -0.39 is 29.1 Å². The molecular weight excluding hydrogens is 348 g/mol. The molecule has 8 nitrogen and oxygen atoms in total. The van der Waals surface area contributed by atoms with E-state index in [1.165, 1.54) is 24.3 Å². The smallest absolute Gasteiger partial charge is 0.338 e. The first kappa shape index (κ1) is 18.9. The molecule has 3 N–H and O–H groups in total. The Morgan fingerprint density at radius 1 is 1.36 bits per heavy atom. The van der Waals surface area contributed by atoms with Crippen molar-refractivity contribution in [2.75, 3.05) is 17.3 Å². The number of hydrogen-bond donors (Lipinski definition) is 2. The molecule has 0 radical (unpaired) electrons. The second-order valence-corrected chi connectivity index (χ2v) is 6.54. The molecule has 1 fully saturated rings. The lowest BCUT2D eigenvalue weighted by Crippen LogP contribution is -2.35. The summed E-state index contributed by atoms with van der Waals surface area (Å²) in [5, 5.41) is 8.11. The van der Waals surface area contributed by atoms with Crippen molar-refractivity contribution >= 4 is 41.2 Å². The zero-order valence-corrected chi connectivity index (χ0v) is 14.3. The Bertz CT molecular complexity index is 690. The summed E-state index contributed by atoms with van der Waals surface area (Å²) in [4.78, 5) is 48.0. The molecular formula is C16H18N2O6S. The number of thioether (sulfide) groups is 1. The standard InChI is InChI=1S/C16H18N2O6S/c1-2-24-16(23)9-3-5-10(6-4-9)18-13(19)7-12(14(18)20)25-8-11(17)15(21)22/h3-6,11-12H,2,7-8,17H2,1H3,(H,21,22). The van der Waals surface area contributed by atoms with Crippen LogP contribution in [0.3, 0.4) is 0 Å². The van der Waals surface area contributed by atoms with E-state index in [-0.39, 0.29) is 24.7 Å². The number of esters is 1. The molecule has 2 unspecified atom stereocenters. The molecule has 2 rings (SSSR count). The fraction of sp³-hybridized carbons (Fsp3) is 0.375. The molecule has 1 aliphatic rings. The van der Waals surface area contributed by atoms with E-state index in [1.54, 1.807) is 6.92 Å². The third-order valence-electron chi connectivity index (χ3n) is 3.54. The highest BCUT2D eigenvalue weighted by molar-refractivity contribution is 8.00. The highest BCUT2D eigenvalue weighted by Gasteiger charge is 2.40. The number of nitrogens with two attached hydrogens (primary N) is 1. The number of anilines is 1. The minimum absolute atomic E-state index is 0.0184. The number of amides is 2. The highest BCUT2D eigenvalue weighted by atomic mass is 32.2. The number of benzene rings is 1. The molecule has 2 atom stereocenters. The Balaban J connectivity index is 2.07. The van der Waals surface area contributed by atoms with Crippen molar-refractivity contribution in [3.63, 3.8) is 0 Å². The molecule has 1 heterocycles. The monoisotopic (exact) mass is 366 g/mol. The number of aliphatic carboxylic acids is 1.